The average molecular weight is 218 g/mol. The molecule has 0 aliphatic heterocycles. The van der Waals surface area contributed by atoms with Crippen molar-refractivity contribution in [2.45, 2.75) is 5.75 Å². The molecule has 0 aromatic heterocycles. The fourth-order valence-electron chi connectivity index (χ4n) is 0.857. The Morgan fingerprint density at radius 2 is 1.85 bits per heavy atom. The molecule has 1 aromatic rings. The molecule has 0 saturated carbocycles. The van der Waals surface area contributed by atoms with Gasteiger partial charge in [0.05, 0.1) is 5.49 Å². The van der Waals surface area contributed by atoms with Gasteiger partial charge in [-0.15, -0.1) is 11.8 Å². The van der Waals surface area contributed by atoms with Gasteiger partial charge in [-0.25, -0.2) is 0 Å². The van der Waals surface area contributed by atoms with E-state index in [1.807, 2.05) is 30.3 Å². The van der Waals surface area contributed by atoms with E-state index in [2.05, 4.69) is 0 Å². The molecule has 5 heteroatoms. The Labute approximate surface area is 81.3 Å². The third-order valence-corrected chi connectivity index (χ3v) is 3.98. The zero-order valence-corrected chi connectivity index (χ0v) is 8.67. The maximum atomic E-state index is 10.5. The van der Waals surface area contributed by atoms with Gasteiger partial charge in [0.15, 0.2) is 0 Å². The second-order valence-corrected chi connectivity index (χ2v) is 5.69. The van der Waals surface area contributed by atoms with Crippen LogP contribution in [0.3, 0.4) is 0 Å². The van der Waals surface area contributed by atoms with Crippen LogP contribution in [0.2, 0.25) is 0 Å². The molecule has 0 heterocycles. The normalized spacial score (nSPS) is 11.5. The molecule has 0 unspecified atom stereocenters. The number of benzene rings is 1. The summed E-state index contributed by atoms with van der Waals surface area (Å²) in [4.78, 5) is 17.2. The molecule has 0 saturated heterocycles. The lowest BCUT2D eigenvalue weighted by Crippen LogP contribution is -1.84. The molecule has 0 bridgehead atoms. The number of hydrogen-bond donors (Lipinski definition) is 2. The van der Waals surface area contributed by atoms with E-state index in [0.717, 1.165) is 5.56 Å². The largest absolute Gasteiger partial charge is 0.335 e. The highest BCUT2D eigenvalue weighted by molar-refractivity contribution is 8.03. The smallest absolute Gasteiger partial charge is 0.324 e. The first-order valence-electron chi connectivity index (χ1n) is 3.74. The highest BCUT2D eigenvalue weighted by Crippen LogP contribution is 2.39. The maximum Gasteiger partial charge on any atom is 0.335 e. The van der Waals surface area contributed by atoms with Crippen molar-refractivity contribution in [1.82, 2.24) is 0 Å². The van der Waals surface area contributed by atoms with Crippen molar-refractivity contribution in [3.63, 3.8) is 0 Å². The Hall–Kier alpha value is -0.280. The van der Waals surface area contributed by atoms with Crippen LogP contribution in [0.1, 0.15) is 5.56 Å². The molecule has 0 aliphatic rings. The second kappa shape index (κ2) is 4.82. The second-order valence-electron chi connectivity index (χ2n) is 2.63. The fourth-order valence-corrected chi connectivity index (χ4v) is 2.60. The summed E-state index contributed by atoms with van der Waals surface area (Å²) in [7, 11) is -3.84. The maximum absolute atomic E-state index is 10.5. The Kier molecular flexibility index (Phi) is 4.00. The molecule has 2 N–H and O–H groups in total. The summed E-state index contributed by atoms with van der Waals surface area (Å²) in [5.41, 5.74) is 0.975. The third-order valence-electron chi connectivity index (χ3n) is 1.37. The van der Waals surface area contributed by atoms with Crippen molar-refractivity contribution < 1.29 is 14.4 Å². The molecular weight excluding hydrogens is 207 g/mol. The lowest BCUT2D eigenvalue weighted by atomic mass is 10.2. The van der Waals surface area contributed by atoms with Crippen molar-refractivity contribution in [2.75, 3.05) is 5.49 Å². The molecule has 1 rings (SSSR count). The molecule has 3 nitrogen and oxygen atoms in total. The fraction of sp³-hybridized carbons (Fsp3) is 0.250. The van der Waals surface area contributed by atoms with Gasteiger partial charge in [-0.2, -0.15) is 0 Å². The van der Waals surface area contributed by atoms with Gasteiger partial charge in [0.25, 0.3) is 0 Å². The van der Waals surface area contributed by atoms with Gasteiger partial charge in [-0.1, -0.05) is 30.3 Å². The van der Waals surface area contributed by atoms with E-state index in [1.165, 1.54) is 11.8 Å². The monoisotopic (exact) mass is 218 g/mol. The quantitative estimate of drug-likeness (QED) is 0.759. The summed E-state index contributed by atoms with van der Waals surface area (Å²) < 4.78 is 10.5. The molecule has 1 aromatic carbocycles. The lowest BCUT2D eigenvalue weighted by Gasteiger charge is -2.03. The Morgan fingerprint density at radius 1 is 1.23 bits per heavy atom. The minimum atomic E-state index is -3.84. The van der Waals surface area contributed by atoms with Crippen molar-refractivity contribution in [3.05, 3.63) is 35.9 Å². The molecule has 0 fully saturated rings. The van der Waals surface area contributed by atoms with E-state index in [1.54, 1.807) is 0 Å². The van der Waals surface area contributed by atoms with E-state index in [-0.39, 0.29) is 5.49 Å². The van der Waals surface area contributed by atoms with E-state index in [4.69, 9.17) is 9.79 Å². The van der Waals surface area contributed by atoms with Gasteiger partial charge in [-0.05, 0) is 5.56 Å². The predicted octanol–water partition coefficient (Wildman–Crippen LogP) is 2.05. The molecular formula is C8H11O3PS. The Bertz CT molecular complexity index is 296. The third kappa shape index (κ3) is 5.11. The average Bonchev–Trinajstić information content (AvgIpc) is 2.04. The van der Waals surface area contributed by atoms with Crippen LogP contribution in [0.15, 0.2) is 30.3 Å². The summed E-state index contributed by atoms with van der Waals surface area (Å²) in [6, 6.07) is 9.61. The van der Waals surface area contributed by atoms with Crippen LogP contribution in [0, 0.1) is 0 Å². The van der Waals surface area contributed by atoms with Gasteiger partial charge in [-0.3, -0.25) is 4.57 Å². The summed E-state index contributed by atoms with van der Waals surface area (Å²) >= 11 is 1.25. The van der Waals surface area contributed by atoms with Crippen molar-refractivity contribution in [1.29, 1.82) is 0 Å². The van der Waals surface area contributed by atoms with E-state index >= 15 is 0 Å². The molecule has 13 heavy (non-hydrogen) atoms. The highest BCUT2D eigenvalue weighted by Gasteiger charge is 2.11. The first kappa shape index (κ1) is 10.8. The first-order chi connectivity index (χ1) is 6.08. The molecule has 72 valence electrons. The van der Waals surface area contributed by atoms with Crippen LogP contribution < -0.4 is 0 Å². The van der Waals surface area contributed by atoms with E-state index in [9.17, 15) is 4.57 Å². The summed E-state index contributed by atoms with van der Waals surface area (Å²) in [5.74, 6) is 0.645. The molecule has 0 spiro atoms. The number of thioether (sulfide) groups is 1. The van der Waals surface area contributed by atoms with E-state index in [0.29, 0.717) is 5.75 Å². The van der Waals surface area contributed by atoms with Crippen LogP contribution >= 0.6 is 19.4 Å². The summed E-state index contributed by atoms with van der Waals surface area (Å²) in [6.07, 6.45) is 0. The number of hydrogen-bond acceptors (Lipinski definition) is 2. The zero-order chi connectivity index (χ0) is 9.73. The molecule has 0 aliphatic carbocycles. The van der Waals surface area contributed by atoms with Gasteiger partial charge in [0, 0.05) is 5.75 Å². The SMILES string of the molecule is O=P(O)(O)CSCc1ccccc1. The van der Waals surface area contributed by atoms with Crippen molar-refractivity contribution in [2.24, 2.45) is 0 Å². The van der Waals surface area contributed by atoms with Crippen LogP contribution in [0.5, 0.6) is 0 Å². The minimum absolute atomic E-state index is 0.109. The minimum Gasteiger partial charge on any atom is -0.324 e. The molecule has 0 radical (unpaired) electrons. The van der Waals surface area contributed by atoms with Crippen LogP contribution in [0.4, 0.5) is 0 Å². The summed E-state index contributed by atoms with van der Waals surface area (Å²) in [5, 5.41) is 0. The van der Waals surface area contributed by atoms with Crippen molar-refractivity contribution >= 4 is 19.4 Å². The Morgan fingerprint density at radius 3 is 2.38 bits per heavy atom. The van der Waals surface area contributed by atoms with Crippen molar-refractivity contribution in [3.8, 4) is 0 Å². The van der Waals surface area contributed by atoms with Gasteiger partial charge in [0.2, 0.25) is 0 Å². The van der Waals surface area contributed by atoms with Gasteiger partial charge >= 0.3 is 7.60 Å². The number of rotatable bonds is 4. The van der Waals surface area contributed by atoms with Crippen LogP contribution in [0.25, 0.3) is 0 Å². The van der Waals surface area contributed by atoms with Crippen LogP contribution in [-0.4, -0.2) is 15.3 Å². The lowest BCUT2D eigenvalue weighted by molar-refractivity contribution is 0.379. The van der Waals surface area contributed by atoms with E-state index < -0.39 is 7.60 Å². The standard InChI is InChI=1S/C8H11O3PS/c9-12(10,11)7-13-6-8-4-2-1-3-5-8/h1-5H,6-7H2,(H2,9,10,11). The van der Waals surface area contributed by atoms with Gasteiger partial charge in [0.1, 0.15) is 0 Å². The zero-order valence-electron chi connectivity index (χ0n) is 6.96. The summed E-state index contributed by atoms with van der Waals surface area (Å²) in [6.45, 7) is 0. The Balaban J connectivity index is 2.33. The predicted molar refractivity (Wildman–Crippen MR) is 54.6 cm³/mol. The molecule has 0 atom stereocenters. The van der Waals surface area contributed by atoms with Gasteiger partial charge < -0.3 is 9.79 Å². The topological polar surface area (TPSA) is 57.5 Å². The first-order valence-corrected chi connectivity index (χ1v) is 6.69. The van der Waals surface area contributed by atoms with Crippen LogP contribution in [-0.2, 0) is 10.3 Å². The molecule has 0 amide bonds. The highest BCUT2D eigenvalue weighted by atomic mass is 32.2.